The van der Waals surface area contributed by atoms with Gasteiger partial charge in [-0.1, -0.05) is 6.07 Å². The van der Waals surface area contributed by atoms with Crippen molar-refractivity contribution in [3.05, 3.63) is 57.6 Å². The van der Waals surface area contributed by atoms with E-state index in [0.29, 0.717) is 43.6 Å². The van der Waals surface area contributed by atoms with E-state index in [0.717, 1.165) is 5.56 Å². The largest absolute Gasteiger partial charge is 0.486 e. The first-order chi connectivity index (χ1) is 14.0. The van der Waals surface area contributed by atoms with E-state index < -0.39 is 10.8 Å². The zero-order chi connectivity index (χ0) is 20.8. The third kappa shape index (κ3) is 4.94. The number of hydrogen-bond acceptors (Lipinski definition) is 7. The molecule has 154 valence electrons. The third-order valence-corrected chi connectivity index (χ3v) is 4.49. The number of carbonyl (C=O) groups is 1. The van der Waals surface area contributed by atoms with Gasteiger partial charge in [-0.2, -0.15) is 0 Å². The molecule has 1 amide bonds. The molecule has 0 aromatic heterocycles. The Labute approximate surface area is 168 Å². The monoisotopic (exact) mass is 401 g/mol. The highest BCUT2D eigenvalue weighted by molar-refractivity contribution is 6.00. The smallest absolute Gasteiger partial charge is 0.270 e. The second-order valence-corrected chi connectivity index (χ2v) is 6.50. The zero-order valence-corrected chi connectivity index (χ0v) is 16.3. The van der Waals surface area contributed by atoms with E-state index in [-0.39, 0.29) is 17.3 Å². The van der Waals surface area contributed by atoms with Crippen molar-refractivity contribution < 1.29 is 23.9 Å². The number of anilines is 1. The minimum atomic E-state index is -0.528. The van der Waals surface area contributed by atoms with Crippen molar-refractivity contribution in [3.63, 3.8) is 0 Å². The topological polar surface area (TPSA) is 112 Å². The van der Waals surface area contributed by atoms with E-state index in [4.69, 9.17) is 14.2 Å². The van der Waals surface area contributed by atoms with Crippen LogP contribution >= 0.6 is 0 Å². The zero-order valence-electron chi connectivity index (χ0n) is 16.3. The minimum Gasteiger partial charge on any atom is -0.486 e. The molecule has 0 aliphatic carbocycles. The Morgan fingerprint density at radius 2 is 1.97 bits per heavy atom. The molecule has 0 radical (unpaired) electrons. The second kappa shape index (κ2) is 9.24. The molecule has 2 aromatic rings. The number of nitrogens with one attached hydrogen (secondary N) is 2. The van der Waals surface area contributed by atoms with Gasteiger partial charge in [-0.05, 0) is 30.7 Å². The Morgan fingerprint density at radius 3 is 2.69 bits per heavy atom. The molecule has 0 fully saturated rings. The van der Waals surface area contributed by atoms with Gasteiger partial charge in [0.2, 0.25) is 0 Å². The van der Waals surface area contributed by atoms with E-state index in [1.54, 1.807) is 13.2 Å². The first-order valence-corrected chi connectivity index (χ1v) is 9.21. The van der Waals surface area contributed by atoms with Gasteiger partial charge in [-0.15, -0.1) is 0 Å². The Kier molecular flexibility index (Phi) is 6.50. The molecular weight excluding hydrogens is 378 g/mol. The van der Waals surface area contributed by atoms with Crippen LogP contribution in [0.15, 0.2) is 36.4 Å². The summed E-state index contributed by atoms with van der Waals surface area (Å²) in [6.45, 7) is 3.71. The second-order valence-electron chi connectivity index (χ2n) is 6.50. The predicted molar refractivity (Wildman–Crippen MR) is 107 cm³/mol. The van der Waals surface area contributed by atoms with Gasteiger partial charge in [0.1, 0.15) is 13.2 Å². The summed E-state index contributed by atoms with van der Waals surface area (Å²) in [5.41, 5.74) is 1.38. The van der Waals surface area contributed by atoms with Crippen molar-refractivity contribution in [2.24, 2.45) is 0 Å². The molecule has 1 aliphatic rings. The number of fused-ring (bicyclic) bond motifs is 1. The summed E-state index contributed by atoms with van der Waals surface area (Å²) in [4.78, 5) is 23.5. The number of carbonyl (C=O) groups excluding carboxylic acids is 1. The molecule has 3 rings (SSSR count). The Hall–Kier alpha value is -3.33. The average molecular weight is 401 g/mol. The fourth-order valence-corrected chi connectivity index (χ4v) is 2.96. The van der Waals surface area contributed by atoms with Crippen LogP contribution in [0.1, 0.15) is 28.9 Å². The average Bonchev–Trinajstić information content (AvgIpc) is 2.73. The summed E-state index contributed by atoms with van der Waals surface area (Å²) in [5.74, 6) is 0.880. The number of benzene rings is 2. The molecule has 2 N–H and O–H groups in total. The van der Waals surface area contributed by atoms with E-state index in [9.17, 15) is 14.9 Å². The molecule has 0 saturated heterocycles. The Morgan fingerprint density at radius 1 is 1.21 bits per heavy atom. The van der Waals surface area contributed by atoms with Gasteiger partial charge in [-0.3, -0.25) is 14.9 Å². The van der Waals surface area contributed by atoms with Gasteiger partial charge in [0.05, 0.1) is 23.1 Å². The highest BCUT2D eigenvalue weighted by atomic mass is 16.6. The molecule has 0 unspecified atom stereocenters. The Bertz CT molecular complexity index is 902. The highest BCUT2D eigenvalue weighted by Crippen LogP contribution is 2.33. The maximum absolute atomic E-state index is 12.9. The number of nitro groups is 1. The number of ether oxygens (including phenoxy) is 3. The molecular formula is C20H23N3O6. The summed E-state index contributed by atoms with van der Waals surface area (Å²) >= 11 is 0. The number of amides is 1. The molecule has 2 aromatic carbocycles. The molecule has 9 nitrogen and oxygen atoms in total. The molecule has 1 aliphatic heterocycles. The van der Waals surface area contributed by atoms with Crippen molar-refractivity contribution in [2.75, 3.05) is 38.8 Å². The van der Waals surface area contributed by atoms with Crippen LogP contribution in [-0.4, -0.2) is 44.3 Å². The summed E-state index contributed by atoms with van der Waals surface area (Å²) in [5, 5.41) is 17.1. The number of methoxy groups -OCH3 is 1. The van der Waals surface area contributed by atoms with Gasteiger partial charge in [-0.25, -0.2) is 0 Å². The maximum Gasteiger partial charge on any atom is 0.270 e. The normalized spacial score (nSPS) is 13.4. The fraction of sp³-hybridized carbons (Fsp3) is 0.350. The lowest BCUT2D eigenvalue weighted by molar-refractivity contribution is -0.384. The molecule has 1 atom stereocenters. The third-order valence-electron chi connectivity index (χ3n) is 4.49. The quantitative estimate of drug-likeness (QED) is 0.397. The van der Waals surface area contributed by atoms with Gasteiger partial charge >= 0.3 is 0 Å². The molecule has 1 heterocycles. The van der Waals surface area contributed by atoms with Crippen molar-refractivity contribution >= 4 is 17.3 Å². The van der Waals surface area contributed by atoms with Crippen LogP contribution < -0.4 is 20.1 Å². The predicted octanol–water partition coefficient (Wildman–Crippen LogP) is 2.92. The van der Waals surface area contributed by atoms with E-state index in [1.807, 2.05) is 19.1 Å². The number of non-ortho nitro benzene ring substituents is 1. The van der Waals surface area contributed by atoms with Crippen molar-refractivity contribution in [3.8, 4) is 11.5 Å². The summed E-state index contributed by atoms with van der Waals surface area (Å²) in [6, 6.07) is 9.28. The van der Waals surface area contributed by atoms with Crippen LogP contribution in [0.3, 0.4) is 0 Å². The number of hydrogen-bond donors (Lipinski definition) is 2. The van der Waals surface area contributed by atoms with Gasteiger partial charge in [0.15, 0.2) is 11.5 Å². The maximum atomic E-state index is 12.9. The number of nitrogens with zero attached hydrogens (tertiary/aromatic N) is 1. The summed E-state index contributed by atoms with van der Waals surface area (Å²) in [6.07, 6.45) is 0. The van der Waals surface area contributed by atoms with Crippen LogP contribution in [0.25, 0.3) is 0 Å². The molecule has 0 bridgehead atoms. The minimum absolute atomic E-state index is 0.153. The fourth-order valence-electron chi connectivity index (χ4n) is 2.96. The lowest BCUT2D eigenvalue weighted by Gasteiger charge is -2.21. The molecule has 0 saturated carbocycles. The van der Waals surface area contributed by atoms with Crippen LogP contribution in [-0.2, 0) is 4.74 Å². The first kappa shape index (κ1) is 20.4. The van der Waals surface area contributed by atoms with Crippen LogP contribution in [0.5, 0.6) is 11.5 Å². The van der Waals surface area contributed by atoms with E-state index >= 15 is 0 Å². The SMILES string of the molecule is COCCNc1ccc([N+](=O)[O-])cc1C(=O)N[C@@H](C)c1ccc2c(c1)OCCO2. The summed E-state index contributed by atoms with van der Waals surface area (Å²) < 4.78 is 16.1. The Balaban J connectivity index is 1.79. The molecule has 29 heavy (non-hydrogen) atoms. The summed E-state index contributed by atoms with van der Waals surface area (Å²) in [7, 11) is 1.57. The van der Waals surface area contributed by atoms with Crippen molar-refractivity contribution in [2.45, 2.75) is 13.0 Å². The molecule has 0 spiro atoms. The van der Waals surface area contributed by atoms with Crippen LogP contribution in [0.4, 0.5) is 11.4 Å². The standard InChI is InChI=1S/C20H23N3O6/c1-13(14-3-6-18-19(11-14)29-10-9-28-18)22-20(24)16-12-15(23(25)26)4-5-17(16)21-7-8-27-2/h3-6,11-13,21H,7-10H2,1-2H3,(H,22,24)/t13-/m0/s1. The van der Waals surface area contributed by atoms with Gasteiger partial charge < -0.3 is 24.8 Å². The van der Waals surface area contributed by atoms with E-state index in [1.165, 1.54) is 18.2 Å². The first-order valence-electron chi connectivity index (χ1n) is 9.21. The molecule has 9 heteroatoms. The lowest BCUT2D eigenvalue weighted by Crippen LogP contribution is -2.28. The van der Waals surface area contributed by atoms with Crippen molar-refractivity contribution in [1.82, 2.24) is 5.32 Å². The van der Waals surface area contributed by atoms with Crippen LogP contribution in [0, 0.1) is 10.1 Å². The lowest BCUT2D eigenvalue weighted by atomic mass is 10.1. The van der Waals surface area contributed by atoms with Gasteiger partial charge in [0, 0.05) is 31.5 Å². The van der Waals surface area contributed by atoms with Crippen molar-refractivity contribution in [1.29, 1.82) is 0 Å². The number of nitro benzene ring substituents is 1. The van der Waals surface area contributed by atoms with Gasteiger partial charge in [0.25, 0.3) is 11.6 Å². The number of rotatable bonds is 8. The van der Waals surface area contributed by atoms with Crippen LogP contribution in [0.2, 0.25) is 0 Å². The van der Waals surface area contributed by atoms with E-state index in [2.05, 4.69) is 10.6 Å². The highest BCUT2D eigenvalue weighted by Gasteiger charge is 2.20.